The van der Waals surface area contributed by atoms with Crippen molar-refractivity contribution in [3.05, 3.63) is 23.8 Å². The van der Waals surface area contributed by atoms with Crippen molar-refractivity contribution in [1.29, 1.82) is 0 Å². The van der Waals surface area contributed by atoms with Crippen LogP contribution >= 0.6 is 0 Å². The van der Waals surface area contributed by atoms with Gasteiger partial charge in [-0.2, -0.15) is 0 Å². The Hall–Kier alpha value is -2.77. The summed E-state index contributed by atoms with van der Waals surface area (Å²) in [5, 5.41) is 2.71. The van der Waals surface area contributed by atoms with Crippen molar-refractivity contribution >= 4 is 17.8 Å². The number of fused-ring (bicyclic) bond motifs is 1. The van der Waals surface area contributed by atoms with E-state index in [-0.39, 0.29) is 31.3 Å². The molecule has 2 heterocycles. The number of hydrogen-bond acceptors (Lipinski definition) is 5. The van der Waals surface area contributed by atoms with E-state index in [0.717, 1.165) is 4.90 Å². The Balaban J connectivity index is 1.83. The average molecular weight is 375 g/mol. The highest BCUT2D eigenvalue weighted by Gasteiger charge is 2.50. The van der Waals surface area contributed by atoms with E-state index in [2.05, 4.69) is 5.32 Å². The molecular weight excluding hydrogens is 350 g/mol. The molecule has 3 rings (SSSR count). The van der Waals surface area contributed by atoms with Crippen LogP contribution in [0.15, 0.2) is 18.2 Å². The number of nitrogens with zero attached hydrogens (tertiary/aromatic N) is 2. The summed E-state index contributed by atoms with van der Waals surface area (Å²) in [5.74, 6) is 0.386. The first-order valence-electron chi connectivity index (χ1n) is 9.00. The number of rotatable bonds is 5. The molecule has 27 heavy (non-hydrogen) atoms. The Kier molecular flexibility index (Phi) is 4.75. The standard InChI is InChI=1S/C19H25N3O5/c1-11(2)22(12(3)4)16(23)9-21-17(24)19(5,20-18(21)25)13-6-7-14-15(8-13)27-10-26-14/h6-8,11-12H,9-10H2,1-5H3,(H,20,25). The summed E-state index contributed by atoms with van der Waals surface area (Å²) in [6, 6.07) is 4.46. The van der Waals surface area contributed by atoms with E-state index in [9.17, 15) is 14.4 Å². The minimum absolute atomic E-state index is 0.0292. The maximum atomic E-state index is 13.0. The molecule has 1 fully saturated rings. The molecule has 0 bridgehead atoms. The highest BCUT2D eigenvalue weighted by Crippen LogP contribution is 2.37. The molecule has 0 spiro atoms. The topological polar surface area (TPSA) is 88.2 Å². The predicted octanol–water partition coefficient (Wildman–Crippen LogP) is 1.83. The van der Waals surface area contributed by atoms with Crippen LogP contribution in [0.1, 0.15) is 40.2 Å². The van der Waals surface area contributed by atoms with Gasteiger partial charge >= 0.3 is 6.03 Å². The lowest BCUT2D eigenvalue weighted by molar-refractivity contribution is -0.141. The van der Waals surface area contributed by atoms with Gasteiger partial charge in [0.25, 0.3) is 5.91 Å². The number of urea groups is 1. The average Bonchev–Trinajstić information content (AvgIpc) is 3.12. The second-order valence-corrected chi connectivity index (χ2v) is 7.50. The van der Waals surface area contributed by atoms with Gasteiger partial charge in [0.1, 0.15) is 12.1 Å². The number of imide groups is 1. The van der Waals surface area contributed by atoms with Crippen LogP contribution in [-0.4, -0.2) is 53.1 Å². The first kappa shape index (κ1) is 19.0. The fraction of sp³-hybridized carbons (Fsp3) is 0.526. The summed E-state index contributed by atoms with van der Waals surface area (Å²) in [7, 11) is 0. The van der Waals surface area contributed by atoms with Crippen molar-refractivity contribution in [3.8, 4) is 11.5 Å². The highest BCUT2D eigenvalue weighted by atomic mass is 16.7. The lowest BCUT2D eigenvalue weighted by Gasteiger charge is -2.32. The van der Waals surface area contributed by atoms with Gasteiger partial charge in [-0.1, -0.05) is 6.07 Å². The fourth-order valence-corrected chi connectivity index (χ4v) is 3.63. The maximum absolute atomic E-state index is 13.0. The summed E-state index contributed by atoms with van der Waals surface area (Å²) in [5.41, 5.74) is -0.691. The zero-order chi connectivity index (χ0) is 19.9. The first-order chi connectivity index (χ1) is 12.6. The molecule has 4 amide bonds. The molecule has 1 unspecified atom stereocenters. The minimum Gasteiger partial charge on any atom is -0.454 e. The van der Waals surface area contributed by atoms with Gasteiger partial charge in [-0.3, -0.25) is 14.5 Å². The van der Waals surface area contributed by atoms with E-state index >= 15 is 0 Å². The van der Waals surface area contributed by atoms with Gasteiger partial charge in [-0.15, -0.1) is 0 Å². The van der Waals surface area contributed by atoms with Crippen LogP contribution in [0.5, 0.6) is 11.5 Å². The zero-order valence-corrected chi connectivity index (χ0v) is 16.2. The predicted molar refractivity (Wildman–Crippen MR) is 97.3 cm³/mol. The molecule has 0 saturated carbocycles. The Bertz CT molecular complexity index is 784. The monoisotopic (exact) mass is 375 g/mol. The number of hydrogen-bond donors (Lipinski definition) is 1. The van der Waals surface area contributed by atoms with Crippen LogP contribution in [-0.2, 0) is 15.1 Å². The molecule has 2 aliphatic heterocycles. The van der Waals surface area contributed by atoms with E-state index in [4.69, 9.17) is 9.47 Å². The fourth-order valence-electron chi connectivity index (χ4n) is 3.63. The molecule has 1 aromatic carbocycles. The number of ether oxygens (including phenoxy) is 2. The van der Waals surface area contributed by atoms with Crippen molar-refractivity contribution in [2.45, 2.75) is 52.2 Å². The Morgan fingerprint density at radius 1 is 1.19 bits per heavy atom. The van der Waals surface area contributed by atoms with Crippen molar-refractivity contribution in [1.82, 2.24) is 15.1 Å². The summed E-state index contributed by atoms with van der Waals surface area (Å²) in [4.78, 5) is 40.8. The van der Waals surface area contributed by atoms with Crippen LogP contribution in [0.4, 0.5) is 4.79 Å². The summed E-state index contributed by atoms with van der Waals surface area (Å²) >= 11 is 0. The van der Waals surface area contributed by atoms with Gasteiger partial charge in [0.15, 0.2) is 11.5 Å². The minimum atomic E-state index is -1.27. The largest absolute Gasteiger partial charge is 0.454 e. The Labute approximate surface area is 158 Å². The highest BCUT2D eigenvalue weighted by molar-refractivity contribution is 6.09. The van der Waals surface area contributed by atoms with E-state index in [1.54, 1.807) is 30.0 Å². The third-order valence-corrected chi connectivity index (χ3v) is 4.92. The van der Waals surface area contributed by atoms with E-state index in [1.165, 1.54) is 0 Å². The van der Waals surface area contributed by atoms with E-state index in [1.807, 2.05) is 27.7 Å². The lowest BCUT2D eigenvalue weighted by Crippen LogP contribution is -2.49. The molecule has 146 valence electrons. The van der Waals surface area contributed by atoms with Crippen LogP contribution in [0.2, 0.25) is 0 Å². The second kappa shape index (κ2) is 6.75. The molecule has 0 aliphatic carbocycles. The first-order valence-corrected chi connectivity index (χ1v) is 9.00. The molecule has 8 nitrogen and oxygen atoms in total. The maximum Gasteiger partial charge on any atom is 0.325 e. The molecule has 1 aromatic rings. The van der Waals surface area contributed by atoms with Crippen LogP contribution in [0, 0.1) is 0 Å². The zero-order valence-electron chi connectivity index (χ0n) is 16.2. The van der Waals surface area contributed by atoms with Gasteiger partial charge in [-0.05, 0) is 52.3 Å². The van der Waals surface area contributed by atoms with Gasteiger partial charge in [-0.25, -0.2) is 4.79 Å². The number of benzene rings is 1. The van der Waals surface area contributed by atoms with Gasteiger partial charge in [0.05, 0.1) is 0 Å². The summed E-state index contributed by atoms with van der Waals surface area (Å²) in [6.07, 6.45) is 0. The normalized spacial score (nSPS) is 21.2. The van der Waals surface area contributed by atoms with Crippen molar-refractivity contribution in [2.75, 3.05) is 13.3 Å². The van der Waals surface area contributed by atoms with Gasteiger partial charge in [0.2, 0.25) is 12.7 Å². The number of carbonyl (C=O) groups is 3. The SMILES string of the molecule is CC(C)N(C(=O)CN1C(=O)NC(C)(c2ccc3c(c2)OCO3)C1=O)C(C)C. The number of carbonyl (C=O) groups excluding carboxylic acids is 3. The van der Waals surface area contributed by atoms with Gasteiger partial charge in [0, 0.05) is 12.1 Å². The summed E-state index contributed by atoms with van der Waals surface area (Å²) < 4.78 is 10.6. The van der Waals surface area contributed by atoms with Crippen molar-refractivity contribution in [3.63, 3.8) is 0 Å². The number of nitrogens with one attached hydrogen (secondary N) is 1. The number of amides is 4. The molecule has 8 heteroatoms. The third kappa shape index (κ3) is 3.20. The molecule has 2 aliphatic rings. The molecule has 1 atom stereocenters. The molecule has 0 radical (unpaired) electrons. The Morgan fingerprint density at radius 3 is 2.44 bits per heavy atom. The molecule has 1 N–H and O–H groups in total. The molecule has 0 aromatic heterocycles. The lowest BCUT2D eigenvalue weighted by atomic mass is 9.91. The molecular formula is C19H25N3O5. The third-order valence-electron chi connectivity index (χ3n) is 4.92. The van der Waals surface area contributed by atoms with E-state index in [0.29, 0.717) is 17.1 Å². The summed E-state index contributed by atoms with van der Waals surface area (Å²) in [6.45, 7) is 9.07. The quantitative estimate of drug-likeness (QED) is 0.793. The van der Waals surface area contributed by atoms with Crippen LogP contribution in [0.25, 0.3) is 0 Å². The van der Waals surface area contributed by atoms with Crippen LogP contribution in [0.3, 0.4) is 0 Å². The van der Waals surface area contributed by atoms with E-state index < -0.39 is 17.5 Å². The van der Waals surface area contributed by atoms with Gasteiger partial charge < -0.3 is 19.7 Å². The van der Waals surface area contributed by atoms with Crippen LogP contribution < -0.4 is 14.8 Å². The van der Waals surface area contributed by atoms with Crippen molar-refractivity contribution in [2.24, 2.45) is 0 Å². The Morgan fingerprint density at radius 2 is 1.81 bits per heavy atom. The van der Waals surface area contributed by atoms with Crippen molar-refractivity contribution < 1.29 is 23.9 Å². The smallest absolute Gasteiger partial charge is 0.325 e. The molecule has 1 saturated heterocycles. The second-order valence-electron chi connectivity index (χ2n) is 7.50.